The van der Waals surface area contributed by atoms with Crippen molar-refractivity contribution in [2.75, 3.05) is 6.61 Å². The van der Waals surface area contributed by atoms with Gasteiger partial charge >= 0.3 is 0 Å². The van der Waals surface area contributed by atoms with Gasteiger partial charge in [0.15, 0.2) is 0 Å². The molecule has 2 N–H and O–H groups in total. The molecule has 1 fully saturated rings. The first-order valence-electron chi connectivity index (χ1n) is 6.62. The van der Waals surface area contributed by atoms with Crippen molar-refractivity contribution in [2.24, 2.45) is 10.8 Å². The van der Waals surface area contributed by atoms with Gasteiger partial charge in [-0.2, -0.15) is 0 Å². The van der Waals surface area contributed by atoms with Gasteiger partial charge in [0.05, 0.1) is 12.2 Å². The monoisotopic (exact) mass is 228 g/mol. The van der Waals surface area contributed by atoms with Crippen LogP contribution in [0.25, 0.3) is 0 Å². The van der Waals surface area contributed by atoms with Gasteiger partial charge in [-0.1, -0.05) is 34.1 Å². The minimum Gasteiger partial charge on any atom is -0.396 e. The molecule has 0 aromatic carbocycles. The van der Waals surface area contributed by atoms with E-state index in [2.05, 4.69) is 20.8 Å². The quantitative estimate of drug-likeness (QED) is 0.776. The maximum absolute atomic E-state index is 10.8. The topological polar surface area (TPSA) is 40.5 Å². The lowest BCUT2D eigenvalue weighted by Gasteiger charge is -2.50. The Hall–Kier alpha value is -0.0800. The van der Waals surface area contributed by atoms with E-state index in [-0.39, 0.29) is 12.0 Å². The molecule has 16 heavy (non-hydrogen) atoms. The van der Waals surface area contributed by atoms with Crippen molar-refractivity contribution >= 4 is 0 Å². The first-order valence-corrected chi connectivity index (χ1v) is 6.62. The van der Waals surface area contributed by atoms with Gasteiger partial charge in [0.2, 0.25) is 0 Å². The normalized spacial score (nSPS) is 27.4. The summed E-state index contributed by atoms with van der Waals surface area (Å²) in [6, 6.07) is 0. The van der Waals surface area contributed by atoms with E-state index in [1.165, 1.54) is 0 Å². The Morgan fingerprint density at radius 2 is 1.62 bits per heavy atom. The number of aliphatic hydroxyl groups is 2. The molecule has 0 aromatic heterocycles. The highest BCUT2D eigenvalue weighted by atomic mass is 16.3. The number of rotatable bonds is 4. The molecule has 1 rings (SSSR count). The first kappa shape index (κ1) is 14.0. The second kappa shape index (κ2) is 4.66. The third-order valence-corrected chi connectivity index (χ3v) is 4.70. The second-order valence-electron chi connectivity index (χ2n) is 6.66. The maximum Gasteiger partial charge on any atom is 0.0723 e. The van der Waals surface area contributed by atoms with Crippen LogP contribution in [0.3, 0.4) is 0 Å². The molecule has 96 valence electrons. The summed E-state index contributed by atoms with van der Waals surface area (Å²) in [6.45, 7) is 8.78. The van der Waals surface area contributed by atoms with E-state index in [1.807, 2.05) is 6.92 Å². The lowest BCUT2D eigenvalue weighted by Crippen LogP contribution is -2.52. The number of aliphatic hydroxyl groups excluding tert-OH is 1. The van der Waals surface area contributed by atoms with E-state index in [0.29, 0.717) is 5.41 Å². The van der Waals surface area contributed by atoms with Gasteiger partial charge in [0.1, 0.15) is 0 Å². The molecule has 0 spiro atoms. The molecule has 1 unspecified atom stereocenters. The van der Waals surface area contributed by atoms with Crippen LogP contribution < -0.4 is 0 Å². The Bertz CT molecular complexity index is 225. The second-order valence-corrected chi connectivity index (χ2v) is 6.66. The largest absolute Gasteiger partial charge is 0.396 e. The van der Waals surface area contributed by atoms with Gasteiger partial charge < -0.3 is 10.2 Å². The first-order chi connectivity index (χ1) is 7.29. The summed E-state index contributed by atoms with van der Waals surface area (Å²) in [5, 5.41) is 20.4. The fourth-order valence-corrected chi connectivity index (χ4v) is 2.95. The third-order valence-electron chi connectivity index (χ3n) is 4.70. The average molecular weight is 228 g/mol. The third kappa shape index (κ3) is 2.60. The van der Waals surface area contributed by atoms with Crippen molar-refractivity contribution < 1.29 is 10.2 Å². The van der Waals surface area contributed by atoms with E-state index in [4.69, 9.17) is 0 Å². The van der Waals surface area contributed by atoms with Gasteiger partial charge in [-0.05, 0) is 37.5 Å². The molecule has 0 radical (unpaired) electrons. The fraction of sp³-hybridized carbons (Fsp3) is 1.00. The van der Waals surface area contributed by atoms with Gasteiger partial charge in [0.25, 0.3) is 0 Å². The van der Waals surface area contributed by atoms with Gasteiger partial charge in [-0.25, -0.2) is 0 Å². The summed E-state index contributed by atoms with van der Waals surface area (Å²) in [5.41, 5.74) is -0.625. The Kier molecular flexibility index (Phi) is 4.07. The van der Waals surface area contributed by atoms with Gasteiger partial charge in [0, 0.05) is 5.41 Å². The molecule has 1 atom stereocenters. The summed E-state index contributed by atoms with van der Waals surface area (Å²) in [6.07, 6.45) is 5.70. The zero-order valence-electron chi connectivity index (χ0n) is 11.3. The molecule has 1 aliphatic rings. The molecular formula is C14H28O2. The Morgan fingerprint density at radius 1 is 1.12 bits per heavy atom. The van der Waals surface area contributed by atoms with Crippen LogP contribution in [0, 0.1) is 10.8 Å². The van der Waals surface area contributed by atoms with Crippen LogP contribution in [0.15, 0.2) is 0 Å². The molecule has 1 saturated carbocycles. The molecule has 0 aromatic rings. The Morgan fingerprint density at radius 3 is 2.00 bits per heavy atom. The Labute approximate surface area is 100 Å². The van der Waals surface area contributed by atoms with E-state index < -0.39 is 5.60 Å². The van der Waals surface area contributed by atoms with Crippen LogP contribution in [0.4, 0.5) is 0 Å². The predicted octanol–water partition coefficient (Wildman–Crippen LogP) is 3.12. The number of hydrogen-bond donors (Lipinski definition) is 2. The zero-order chi connectivity index (χ0) is 12.4. The van der Waals surface area contributed by atoms with Crippen LogP contribution in [-0.4, -0.2) is 22.4 Å². The molecule has 0 saturated heterocycles. The SMILES string of the molecule is CCCC(C)(CO)C1(O)CCC(C)(C)CC1. The number of hydrogen-bond acceptors (Lipinski definition) is 2. The van der Waals surface area contributed by atoms with Crippen molar-refractivity contribution in [1.82, 2.24) is 0 Å². The van der Waals surface area contributed by atoms with E-state index in [1.54, 1.807) is 0 Å². The van der Waals surface area contributed by atoms with Gasteiger partial charge in [-0.3, -0.25) is 0 Å². The molecule has 1 aliphatic carbocycles. The smallest absolute Gasteiger partial charge is 0.0723 e. The predicted molar refractivity (Wildman–Crippen MR) is 67.3 cm³/mol. The van der Waals surface area contributed by atoms with Crippen LogP contribution in [0.5, 0.6) is 0 Å². The van der Waals surface area contributed by atoms with E-state index >= 15 is 0 Å². The summed E-state index contributed by atoms with van der Waals surface area (Å²) in [7, 11) is 0. The lowest BCUT2D eigenvalue weighted by atomic mass is 9.60. The highest BCUT2D eigenvalue weighted by molar-refractivity contribution is 5.00. The lowest BCUT2D eigenvalue weighted by molar-refractivity contribution is -0.139. The molecule has 0 bridgehead atoms. The molecule has 0 heterocycles. The van der Waals surface area contributed by atoms with Crippen LogP contribution in [0.2, 0.25) is 0 Å². The average Bonchev–Trinajstić information content (AvgIpc) is 2.23. The Balaban J connectivity index is 2.77. The summed E-state index contributed by atoms with van der Waals surface area (Å²) >= 11 is 0. The fourth-order valence-electron chi connectivity index (χ4n) is 2.95. The van der Waals surface area contributed by atoms with E-state index in [9.17, 15) is 10.2 Å². The highest BCUT2D eigenvalue weighted by Gasteiger charge is 2.48. The minimum absolute atomic E-state index is 0.0950. The van der Waals surface area contributed by atoms with Crippen LogP contribution >= 0.6 is 0 Å². The summed E-state index contributed by atoms with van der Waals surface area (Å²) in [4.78, 5) is 0. The molecular weight excluding hydrogens is 200 g/mol. The summed E-state index contributed by atoms with van der Waals surface area (Å²) < 4.78 is 0. The highest BCUT2D eigenvalue weighted by Crippen LogP contribution is 2.49. The van der Waals surface area contributed by atoms with Crippen molar-refractivity contribution in [3.05, 3.63) is 0 Å². The van der Waals surface area contributed by atoms with Crippen molar-refractivity contribution in [3.8, 4) is 0 Å². The summed E-state index contributed by atoms with van der Waals surface area (Å²) in [5.74, 6) is 0. The zero-order valence-corrected chi connectivity index (χ0v) is 11.3. The van der Waals surface area contributed by atoms with Crippen molar-refractivity contribution in [1.29, 1.82) is 0 Å². The molecule has 0 amide bonds. The standard InChI is InChI=1S/C14H28O2/c1-5-6-13(4,11-15)14(16)9-7-12(2,3)8-10-14/h15-16H,5-11H2,1-4H3. The molecule has 2 nitrogen and oxygen atoms in total. The van der Waals surface area contributed by atoms with E-state index in [0.717, 1.165) is 38.5 Å². The van der Waals surface area contributed by atoms with Crippen molar-refractivity contribution in [3.63, 3.8) is 0 Å². The molecule has 2 heteroatoms. The molecule has 0 aliphatic heterocycles. The van der Waals surface area contributed by atoms with Crippen LogP contribution in [0.1, 0.15) is 66.2 Å². The van der Waals surface area contributed by atoms with Crippen LogP contribution in [-0.2, 0) is 0 Å². The van der Waals surface area contributed by atoms with Gasteiger partial charge in [-0.15, -0.1) is 0 Å². The van der Waals surface area contributed by atoms with Crippen molar-refractivity contribution in [2.45, 2.75) is 71.8 Å². The maximum atomic E-state index is 10.8. The minimum atomic E-state index is -0.659.